The third-order valence-corrected chi connectivity index (χ3v) is 2.43. The predicted octanol–water partition coefficient (Wildman–Crippen LogP) is 3.09. The fourth-order valence-electron chi connectivity index (χ4n) is 1.62. The monoisotopic (exact) mass is 245 g/mol. The lowest BCUT2D eigenvalue weighted by Crippen LogP contribution is -2.11. The minimum atomic E-state index is -0.393. The molecule has 2 aromatic rings. The standard InChI is InChI=1S/C14H12FNO2/c1-9-6-11(15)8-12(7-9)16-14(18)10-2-4-13(17)5-3-10/h2-8,17H,1H3,(H,16,18). The number of phenols is 1. The summed E-state index contributed by atoms with van der Waals surface area (Å²) < 4.78 is 13.1. The van der Waals surface area contributed by atoms with Crippen molar-refractivity contribution in [1.82, 2.24) is 0 Å². The summed E-state index contributed by atoms with van der Waals surface area (Å²) in [5.74, 6) is -0.649. The maximum Gasteiger partial charge on any atom is 0.255 e. The SMILES string of the molecule is Cc1cc(F)cc(NC(=O)c2ccc(O)cc2)c1. The van der Waals surface area contributed by atoms with Gasteiger partial charge in [-0.2, -0.15) is 0 Å². The van der Waals surface area contributed by atoms with E-state index in [0.29, 0.717) is 11.3 Å². The molecule has 1 amide bonds. The van der Waals surface area contributed by atoms with Crippen LogP contribution in [0, 0.1) is 12.7 Å². The Balaban J connectivity index is 2.18. The number of aromatic hydroxyl groups is 1. The molecule has 0 heterocycles. The lowest BCUT2D eigenvalue weighted by molar-refractivity contribution is 0.102. The zero-order valence-corrected chi connectivity index (χ0v) is 9.77. The Morgan fingerprint density at radius 1 is 1.17 bits per heavy atom. The first kappa shape index (κ1) is 12.1. The van der Waals surface area contributed by atoms with Crippen molar-refractivity contribution in [3.05, 3.63) is 59.4 Å². The average Bonchev–Trinajstić information content (AvgIpc) is 2.28. The van der Waals surface area contributed by atoms with E-state index in [-0.39, 0.29) is 11.7 Å². The molecule has 0 aliphatic carbocycles. The number of carbonyl (C=O) groups excluding carboxylic acids is 1. The van der Waals surface area contributed by atoms with Crippen molar-refractivity contribution in [3.63, 3.8) is 0 Å². The van der Waals surface area contributed by atoms with Crippen LogP contribution in [-0.4, -0.2) is 11.0 Å². The fourth-order valence-corrected chi connectivity index (χ4v) is 1.62. The van der Waals surface area contributed by atoms with Gasteiger partial charge in [0.2, 0.25) is 0 Å². The molecular weight excluding hydrogens is 233 g/mol. The molecule has 92 valence electrons. The van der Waals surface area contributed by atoms with Crippen LogP contribution in [0.15, 0.2) is 42.5 Å². The van der Waals surface area contributed by atoms with E-state index in [1.165, 1.54) is 36.4 Å². The smallest absolute Gasteiger partial charge is 0.255 e. The number of nitrogens with one attached hydrogen (secondary N) is 1. The number of carbonyl (C=O) groups is 1. The number of phenolic OH excluding ortho intramolecular Hbond substituents is 1. The number of halogens is 1. The van der Waals surface area contributed by atoms with Crippen molar-refractivity contribution < 1.29 is 14.3 Å². The second kappa shape index (κ2) is 4.87. The Bertz CT molecular complexity index is 559. The summed E-state index contributed by atoms with van der Waals surface area (Å²) in [5.41, 5.74) is 1.54. The molecule has 0 aliphatic heterocycles. The van der Waals surface area contributed by atoms with E-state index in [4.69, 9.17) is 5.11 Å². The van der Waals surface area contributed by atoms with Crippen LogP contribution >= 0.6 is 0 Å². The van der Waals surface area contributed by atoms with Gasteiger partial charge in [0.05, 0.1) is 0 Å². The van der Waals surface area contributed by atoms with Crippen molar-refractivity contribution in [2.45, 2.75) is 6.92 Å². The topological polar surface area (TPSA) is 49.3 Å². The molecule has 2 rings (SSSR count). The van der Waals surface area contributed by atoms with E-state index in [9.17, 15) is 9.18 Å². The maximum absolute atomic E-state index is 13.1. The van der Waals surface area contributed by atoms with Gasteiger partial charge in [0.1, 0.15) is 11.6 Å². The molecule has 3 nitrogen and oxygen atoms in total. The van der Waals surface area contributed by atoms with Gasteiger partial charge in [-0.15, -0.1) is 0 Å². The predicted molar refractivity (Wildman–Crippen MR) is 67.2 cm³/mol. The van der Waals surface area contributed by atoms with Crippen LogP contribution in [0.25, 0.3) is 0 Å². The zero-order valence-electron chi connectivity index (χ0n) is 9.77. The number of aryl methyl sites for hydroxylation is 1. The third kappa shape index (κ3) is 2.85. The molecule has 0 aromatic heterocycles. The molecule has 0 aliphatic rings. The molecule has 0 fully saturated rings. The van der Waals surface area contributed by atoms with E-state index >= 15 is 0 Å². The van der Waals surface area contributed by atoms with Gasteiger partial charge in [-0.3, -0.25) is 4.79 Å². The summed E-state index contributed by atoms with van der Waals surface area (Å²) in [5, 5.41) is 11.7. The average molecular weight is 245 g/mol. The zero-order chi connectivity index (χ0) is 13.1. The first-order valence-corrected chi connectivity index (χ1v) is 5.42. The van der Waals surface area contributed by atoms with Crippen molar-refractivity contribution in [1.29, 1.82) is 0 Å². The summed E-state index contributed by atoms with van der Waals surface area (Å²) in [7, 11) is 0. The highest BCUT2D eigenvalue weighted by atomic mass is 19.1. The fraction of sp³-hybridized carbons (Fsp3) is 0.0714. The van der Waals surface area contributed by atoms with Crippen LogP contribution < -0.4 is 5.32 Å². The van der Waals surface area contributed by atoms with E-state index in [0.717, 1.165) is 5.56 Å². The maximum atomic E-state index is 13.1. The van der Waals surface area contributed by atoms with Crippen molar-refractivity contribution in [2.75, 3.05) is 5.32 Å². The van der Waals surface area contributed by atoms with Gasteiger partial charge in [0.15, 0.2) is 0 Å². The molecule has 0 radical (unpaired) electrons. The summed E-state index contributed by atoms with van der Waals surface area (Å²) in [6, 6.07) is 10.2. The van der Waals surface area contributed by atoms with E-state index in [1.54, 1.807) is 13.0 Å². The van der Waals surface area contributed by atoms with Crippen LogP contribution in [0.5, 0.6) is 5.75 Å². The van der Waals surface area contributed by atoms with Gasteiger partial charge in [0.25, 0.3) is 5.91 Å². The van der Waals surface area contributed by atoms with Gasteiger partial charge in [-0.25, -0.2) is 4.39 Å². The molecule has 0 atom stereocenters. The molecule has 2 N–H and O–H groups in total. The minimum absolute atomic E-state index is 0.0909. The number of hydrogen-bond acceptors (Lipinski definition) is 2. The van der Waals surface area contributed by atoms with Crippen LogP contribution in [0.4, 0.5) is 10.1 Å². The molecule has 0 saturated carbocycles. The van der Waals surface area contributed by atoms with Gasteiger partial charge in [-0.1, -0.05) is 0 Å². The second-order valence-electron chi connectivity index (χ2n) is 4.02. The van der Waals surface area contributed by atoms with Crippen molar-refractivity contribution in [3.8, 4) is 5.75 Å². The van der Waals surface area contributed by atoms with Crippen LogP contribution in [0.1, 0.15) is 15.9 Å². The number of amides is 1. The number of benzene rings is 2. The van der Waals surface area contributed by atoms with Crippen LogP contribution in [0.3, 0.4) is 0 Å². The minimum Gasteiger partial charge on any atom is -0.508 e. The van der Waals surface area contributed by atoms with E-state index in [2.05, 4.69) is 5.32 Å². The number of rotatable bonds is 2. The highest BCUT2D eigenvalue weighted by Gasteiger charge is 2.07. The lowest BCUT2D eigenvalue weighted by atomic mass is 10.2. The normalized spacial score (nSPS) is 10.1. The summed E-state index contributed by atoms with van der Waals surface area (Å²) in [4.78, 5) is 11.8. The Morgan fingerprint density at radius 2 is 1.83 bits per heavy atom. The van der Waals surface area contributed by atoms with Gasteiger partial charge in [-0.05, 0) is 55.0 Å². The Labute approximate surface area is 104 Å². The summed E-state index contributed by atoms with van der Waals surface area (Å²) >= 11 is 0. The van der Waals surface area contributed by atoms with Gasteiger partial charge < -0.3 is 10.4 Å². The Morgan fingerprint density at radius 3 is 2.44 bits per heavy atom. The molecule has 0 bridgehead atoms. The largest absolute Gasteiger partial charge is 0.508 e. The first-order chi connectivity index (χ1) is 8.54. The second-order valence-corrected chi connectivity index (χ2v) is 4.02. The van der Waals surface area contributed by atoms with Gasteiger partial charge >= 0.3 is 0 Å². The van der Waals surface area contributed by atoms with Crippen LogP contribution in [0.2, 0.25) is 0 Å². The molecule has 0 spiro atoms. The summed E-state index contributed by atoms with van der Waals surface area (Å²) in [6.45, 7) is 1.75. The van der Waals surface area contributed by atoms with Crippen molar-refractivity contribution >= 4 is 11.6 Å². The van der Waals surface area contributed by atoms with E-state index < -0.39 is 5.82 Å². The molecule has 2 aromatic carbocycles. The summed E-state index contributed by atoms with van der Waals surface area (Å²) in [6.07, 6.45) is 0. The highest BCUT2D eigenvalue weighted by molar-refractivity contribution is 6.04. The Hall–Kier alpha value is -2.36. The third-order valence-electron chi connectivity index (χ3n) is 2.43. The number of hydrogen-bond donors (Lipinski definition) is 2. The van der Waals surface area contributed by atoms with Crippen molar-refractivity contribution in [2.24, 2.45) is 0 Å². The molecule has 18 heavy (non-hydrogen) atoms. The molecule has 0 unspecified atom stereocenters. The molecule has 0 saturated heterocycles. The molecule has 4 heteroatoms. The number of anilines is 1. The van der Waals surface area contributed by atoms with Gasteiger partial charge in [0, 0.05) is 11.3 Å². The first-order valence-electron chi connectivity index (χ1n) is 5.42. The highest BCUT2D eigenvalue weighted by Crippen LogP contribution is 2.15. The Kier molecular flexibility index (Phi) is 3.28. The van der Waals surface area contributed by atoms with Crippen LogP contribution in [-0.2, 0) is 0 Å². The quantitative estimate of drug-likeness (QED) is 0.854. The van der Waals surface area contributed by atoms with E-state index in [1.807, 2.05) is 0 Å². The molecular formula is C14H12FNO2. The lowest BCUT2D eigenvalue weighted by Gasteiger charge is -2.06.